The number of phenolic OH excluding ortho intramolecular Hbond substituents is 1. The number of aromatic hydroxyl groups is 1. The molecule has 0 bridgehead atoms. The molecule has 120 valence electrons. The number of hydrogen-bond donors (Lipinski definition) is 2. The number of carbonyl (C=O) groups excluding carboxylic acids is 1. The van der Waals surface area contributed by atoms with E-state index in [1.54, 1.807) is 25.1 Å². The van der Waals surface area contributed by atoms with Gasteiger partial charge >= 0.3 is 0 Å². The molecule has 0 spiro atoms. The molecule has 0 saturated heterocycles. The van der Waals surface area contributed by atoms with Crippen molar-refractivity contribution in [2.24, 2.45) is 5.10 Å². The highest BCUT2D eigenvalue weighted by atomic mass is 16.3. The Bertz CT molecular complexity index is 940. The Labute approximate surface area is 140 Å². The standard InChI is InChI=1S/C20H18N2O2/c1-13-7-5-12-18(19(13)23)20(24)22-21-14(2)16-11-6-9-15-8-3-4-10-17(15)16/h3-12,23H,1-2H3,(H,22,24)/b21-14-. The topological polar surface area (TPSA) is 61.7 Å². The number of nitrogens with zero attached hydrogens (tertiary/aromatic N) is 1. The van der Waals surface area contributed by atoms with Crippen LogP contribution in [0.3, 0.4) is 0 Å². The first kappa shape index (κ1) is 15.7. The molecule has 0 heterocycles. The van der Waals surface area contributed by atoms with Crippen molar-refractivity contribution in [3.05, 3.63) is 77.4 Å². The van der Waals surface area contributed by atoms with Crippen molar-refractivity contribution >= 4 is 22.4 Å². The fourth-order valence-electron chi connectivity index (χ4n) is 2.64. The van der Waals surface area contributed by atoms with Crippen LogP contribution in [0.25, 0.3) is 10.8 Å². The van der Waals surface area contributed by atoms with Crippen LogP contribution in [-0.2, 0) is 0 Å². The van der Waals surface area contributed by atoms with Gasteiger partial charge < -0.3 is 5.11 Å². The molecule has 0 saturated carbocycles. The highest BCUT2D eigenvalue weighted by Crippen LogP contribution is 2.21. The molecule has 0 radical (unpaired) electrons. The third-order valence-electron chi connectivity index (χ3n) is 3.99. The van der Waals surface area contributed by atoms with Gasteiger partial charge in [-0.3, -0.25) is 4.79 Å². The number of amides is 1. The second kappa shape index (κ2) is 6.54. The molecular weight excluding hydrogens is 300 g/mol. The summed E-state index contributed by atoms with van der Waals surface area (Å²) in [6.07, 6.45) is 0. The molecule has 4 heteroatoms. The van der Waals surface area contributed by atoms with Gasteiger partial charge in [0.05, 0.1) is 11.3 Å². The minimum Gasteiger partial charge on any atom is -0.507 e. The molecule has 0 aliphatic carbocycles. The number of phenols is 1. The van der Waals surface area contributed by atoms with Crippen molar-refractivity contribution in [3.8, 4) is 5.75 Å². The molecule has 3 aromatic rings. The van der Waals surface area contributed by atoms with E-state index in [1.165, 1.54) is 0 Å². The zero-order valence-corrected chi connectivity index (χ0v) is 13.6. The van der Waals surface area contributed by atoms with Gasteiger partial charge in [0.2, 0.25) is 0 Å². The maximum absolute atomic E-state index is 12.2. The average Bonchev–Trinajstić information content (AvgIpc) is 2.61. The SMILES string of the molecule is C/C(=N/NC(=O)c1cccc(C)c1O)c1cccc2ccccc12. The summed E-state index contributed by atoms with van der Waals surface area (Å²) in [7, 11) is 0. The largest absolute Gasteiger partial charge is 0.507 e. The number of nitrogens with one attached hydrogen (secondary N) is 1. The molecule has 0 atom stereocenters. The number of hydrogen-bond acceptors (Lipinski definition) is 3. The Hall–Kier alpha value is -3.14. The van der Waals surface area contributed by atoms with Crippen molar-refractivity contribution < 1.29 is 9.90 Å². The summed E-state index contributed by atoms with van der Waals surface area (Å²) in [6, 6.07) is 19.0. The molecule has 24 heavy (non-hydrogen) atoms. The van der Waals surface area contributed by atoms with Crippen LogP contribution in [-0.4, -0.2) is 16.7 Å². The van der Waals surface area contributed by atoms with Gasteiger partial charge in [-0.15, -0.1) is 0 Å². The molecule has 0 aromatic heterocycles. The molecule has 2 N–H and O–H groups in total. The normalized spacial score (nSPS) is 11.5. The maximum Gasteiger partial charge on any atom is 0.275 e. The van der Waals surface area contributed by atoms with Crippen LogP contribution in [0.2, 0.25) is 0 Å². The molecule has 3 aromatic carbocycles. The van der Waals surface area contributed by atoms with Crippen LogP contribution in [0.1, 0.15) is 28.4 Å². The van der Waals surface area contributed by atoms with Gasteiger partial charge in [0.15, 0.2) is 0 Å². The molecule has 3 rings (SSSR count). The average molecular weight is 318 g/mol. The smallest absolute Gasteiger partial charge is 0.275 e. The predicted molar refractivity (Wildman–Crippen MR) is 96.5 cm³/mol. The summed E-state index contributed by atoms with van der Waals surface area (Å²) in [4.78, 5) is 12.2. The molecule has 0 aliphatic rings. The first-order chi connectivity index (χ1) is 11.6. The van der Waals surface area contributed by atoms with E-state index in [0.717, 1.165) is 16.3 Å². The Morgan fingerprint density at radius 2 is 1.62 bits per heavy atom. The third kappa shape index (κ3) is 2.99. The van der Waals surface area contributed by atoms with Crippen molar-refractivity contribution in [2.75, 3.05) is 0 Å². The molecule has 0 fully saturated rings. The number of hydrazone groups is 1. The lowest BCUT2D eigenvalue weighted by Gasteiger charge is -2.08. The maximum atomic E-state index is 12.2. The molecular formula is C20H18N2O2. The molecule has 4 nitrogen and oxygen atoms in total. The Kier molecular flexibility index (Phi) is 4.29. The predicted octanol–water partition coefficient (Wildman–Crippen LogP) is 4.01. The second-order valence-electron chi connectivity index (χ2n) is 5.64. The van der Waals surface area contributed by atoms with Crippen LogP contribution in [0.15, 0.2) is 65.8 Å². The van der Waals surface area contributed by atoms with Crippen molar-refractivity contribution in [2.45, 2.75) is 13.8 Å². The summed E-state index contributed by atoms with van der Waals surface area (Å²) in [5.74, 6) is -0.455. The Morgan fingerprint density at radius 1 is 0.958 bits per heavy atom. The summed E-state index contributed by atoms with van der Waals surface area (Å²) in [5.41, 5.74) is 5.04. The zero-order chi connectivity index (χ0) is 17.1. The lowest BCUT2D eigenvalue weighted by molar-refractivity contribution is 0.0952. The highest BCUT2D eigenvalue weighted by molar-refractivity contribution is 6.10. The minimum atomic E-state index is -0.434. The number of rotatable bonds is 3. The van der Waals surface area contributed by atoms with Crippen LogP contribution >= 0.6 is 0 Å². The van der Waals surface area contributed by atoms with Crippen LogP contribution in [0.5, 0.6) is 5.75 Å². The van der Waals surface area contributed by atoms with E-state index in [4.69, 9.17) is 0 Å². The van der Waals surface area contributed by atoms with E-state index >= 15 is 0 Å². The Balaban J connectivity index is 1.88. The van der Waals surface area contributed by atoms with Gasteiger partial charge in [-0.05, 0) is 36.2 Å². The van der Waals surface area contributed by atoms with Gasteiger partial charge in [-0.1, -0.05) is 54.6 Å². The van der Waals surface area contributed by atoms with Crippen molar-refractivity contribution in [1.29, 1.82) is 0 Å². The van der Waals surface area contributed by atoms with Crippen LogP contribution in [0.4, 0.5) is 0 Å². The van der Waals surface area contributed by atoms with Crippen molar-refractivity contribution in [1.82, 2.24) is 5.43 Å². The first-order valence-corrected chi connectivity index (χ1v) is 7.69. The minimum absolute atomic E-state index is 0.0204. The van der Waals surface area contributed by atoms with E-state index < -0.39 is 5.91 Å². The summed E-state index contributed by atoms with van der Waals surface area (Å²) in [5, 5.41) is 16.4. The first-order valence-electron chi connectivity index (χ1n) is 7.69. The van der Waals surface area contributed by atoms with E-state index in [9.17, 15) is 9.90 Å². The van der Waals surface area contributed by atoms with E-state index in [0.29, 0.717) is 11.3 Å². The number of para-hydroxylation sites is 1. The number of benzene rings is 3. The zero-order valence-electron chi connectivity index (χ0n) is 13.6. The third-order valence-corrected chi connectivity index (χ3v) is 3.99. The van der Waals surface area contributed by atoms with Gasteiger partial charge in [-0.25, -0.2) is 5.43 Å². The summed E-state index contributed by atoms with van der Waals surface area (Å²) < 4.78 is 0. The van der Waals surface area contributed by atoms with E-state index in [-0.39, 0.29) is 11.3 Å². The van der Waals surface area contributed by atoms with Crippen molar-refractivity contribution in [3.63, 3.8) is 0 Å². The lowest BCUT2D eigenvalue weighted by Crippen LogP contribution is -2.19. The lowest BCUT2D eigenvalue weighted by atomic mass is 10.0. The van der Waals surface area contributed by atoms with E-state index in [1.807, 2.05) is 49.4 Å². The quantitative estimate of drug-likeness (QED) is 0.566. The highest BCUT2D eigenvalue weighted by Gasteiger charge is 2.12. The number of carbonyl (C=O) groups is 1. The summed E-state index contributed by atoms with van der Waals surface area (Å²) >= 11 is 0. The Morgan fingerprint density at radius 3 is 2.46 bits per heavy atom. The molecule has 0 aliphatic heterocycles. The summed E-state index contributed by atoms with van der Waals surface area (Å²) in [6.45, 7) is 3.59. The van der Waals surface area contributed by atoms with Gasteiger partial charge in [0.25, 0.3) is 5.91 Å². The van der Waals surface area contributed by atoms with Crippen LogP contribution in [0, 0.1) is 6.92 Å². The fraction of sp³-hybridized carbons (Fsp3) is 0.100. The molecule has 1 amide bonds. The molecule has 0 unspecified atom stereocenters. The second-order valence-corrected chi connectivity index (χ2v) is 5.64. The van der Waals surface area contributed by atoms with E-state index in [2.05, 4.69) is 10.5 Å². The number of aryl methyl sites for hydroxylation is 1. The van der Waals surface area contributed by atoms with Gasteiger partial charge in [-0.2, -0.15) is 5.10 Å². The number of fused-ring (bicyclic) bond motifs is 1. The van der Waals surface area contributed by atoms with Gasteiger partial charge in [0.1, 0.15) is 5.75 Å². The van der Waals surface area contributed by atoms with Crippen LogP contribution < -0.4 is 5.43 Å². The van der Waals surface area contributed by atoms with Gasteiger partial charge in [0, 0.05) is 5.56 Å². The monoisotopic (exact) mass is 318 g/mol. The fourth-order valence-corrected chi connectivity index (χ4v) is 2.64.